The molecule has 1 aromatic carbocycles. The van der Waals surface area contributed by atoms with Gasteiger partial charge in [0.25, 0.3) is 5.91 Å². The van der Waals surface area contributed by atoms with Crippen LogP contribution in [0, 0.1) is 0 Å². The highest BCUT2D eigenvalue weighted by Gasteiger charge is 2.17. The fourth-order valence-electron chi connectivity index (χ4n) is 1.94. The molecular weight excluding hydrogens is 224 g/mol. The van der Waals surface area contributed by atoms with E-state index in [0.717, 1.165) is 30.8 Å². The Hall–Kier alpha value is -1.51. The van der Waals surface area contributed by atoms with E-state index in [1.165, 1.54) is 0 Å². The van der Waals surface area contributed by atoms with Gasteiger partial charge < -0.3 is 10.2 Å². The van der Waals surface area contributed by atoms with Crippen LogP contribution in [0.3, 0.4) is 0 Å². The molecule has 0 aliphatic heterocycles. The Morgan fingerprint density at radius 3 is 2.28 bits per heavy atom. The molecule has 0 atom stereocenters. The Morgan fingerprint density at radius 2 is 1.83 bits per heavy atom. The van der Waals surface area contributed by atoms with E-state index < -0.39 is 0 Å². The number of carbonyl (C=O) groups excluding carboxylic acids is 1. The number of hydrogen-bond acceptors (Lipinski definition) is 2. The average Bonchev–Trinajstić information content (AvgIpc) is 2.36. The van der Waals surface area contributed by atoms with Crippen molar-refractivity contribution in [1.82, 2.24) is 4.90 Å². The summed E-state index contributed by atoms with van der Waals surface area (Å²) in [7, 11) is 0. The maximum atomic E-state index is 12.4. The van der Waals surface area contributed by atoms with Crippen LogP contribution in [-0.4, -0.2) is 29.9 Å². The van der Waals surface area contributed by atoms with Gasteiger partial charge in [0.15, 0.2) is 0 Å². The van der Waals surface area contributed by atoms with E-state index in [0.29, 0.717) is 0 Å². The SMILES string of the molecule is CCCN(C(=O)c1ccc(NCC)cc1)C(C)C. The first-order valence-electron chi connectivity index (χ1n) is 6.75. The van der Waals surface area contributed by atoms with E-state index in [9.17, 15) is 4.79 Å². The van der Waals surface area contributed by atoms with Crippen LogP contribution in [0.25, 0.3) is 0 Å². The lowest BCUT2D eigenvalue weighted by Gasteiger charge is -2.26. The van der Waals surface area contributed by atoms with Crippen molar-refractivity contribution in [2.75, 3.05) is 18.4 Å². The van der Waals surface area contributed by atoms with E-state index in [1.54, 1.807) is 0 Å². The summed E-state index contributed by atoms with van der Waals surface area (Å²) in [5.74, 6) is 0.120. The lowest BCUT2D eigenvalue weighted by Crippen LogP contribution is -2.37. The second-order valence-corrected chi connectivity index (χ2v) is 4.70. The highest BCUT2D eigenvalue weighted by atomic mass is 16.2. The topological polar surface area (TPSA) is 32.3 Å². The zero-order valence-electron chi connectivity index (χ0n) is 11.9. The minimum absolute atomic E-state index is 0.120. The van der Waals surface area contributed by atoms with Crippen molar-refractivity contribution in [3.05, 3.63) is 29.8 Å². The minimum Gasteiger partial charge on any atom is -0.385 e. The van der Waals surface area contributed by atoms with Gasteiger partial charge in [-0.2, -0.15) is 0 Å². The number of rotatable bonds is 6. The van der Waals surface area contributed by atoms with Crippen molar-refractivity contribution in [3.8, 4) is 0 Å². The molecule has 0 saturated heterocycles. The Bertz CT molecular complexity index is 371. The van der Waals surface area contributed by atoms with Crippen molar-refractivity contribution in [3.63, 3.8) is 0 Å². The van der Waals surface area contributed by atoms with E-state index in [-0.39, 0.29) is 11.9 Å². The van der Waals surface area contributed by atoms with Gasteiger partial charge in [0.2, 0.25) is 0 Å². The molecule has 1 rings (SSSR count). The fraction of sp³-hybridized carbons (Fsp3) is 0.533. The number of carbonyl (C=O) groups is 1. The van der Waals surface area contributed by atoms with Crippen LogP contribution in [0.1, 0.15) is 44.5 Å². The second-order valence-electron chi connectivity index (χ2n) is 4.70. The summed E-state index contributed by atoms with van der Waals surface area (Å²) in [6, 6.07) is 7.95. The van der Waals surface area contributed by atoms with Crippen LogP contribution >= 0.6 is 0 Å². The Kier molecular flexibility index (Phi) is 5.69. The van der Waals surface area contributed by atoms with Crippen molar-refractivity contribution in [1.29, 1.82) is 0 Å². The molecule has 3 nitrogen and oxygen atoms in total. The number of anilines is 1. The molecule has 0 aliphatic rings. The summed E-state index contributed by atoms with van der Waals surface area (Å²) in [6.45, 7) is 9.96. The maximum Gasteiger partial charge on any atom is 0.254 e. The van der Waals surface area contributed by atoms with Gasteiger partial charge in [-0.15, -0.1) is 0 Å². The summed E-state index contributed by atoms with van der Waals surface area (Å²) in [5, 5.41) is 3.23. The fourth-order valence-corrected chi connectivity index (χ4v) is 1.94. The van der Waals surface area contributed by atoms with Gasteiger partial charge in [-0.3, -0.25) is 4.79 Å². The normalized spacial score (nSPS) is 10.5. The second kappa shape index (κ2) is 7.04. The first-order valence-corrected chi connectivity index (χ1v) is 6.75. The smallest absolute Gasteiger partial charge is 0.254 e. The zero-order chi connectivity index (χ0) is 13.5. The molecule has 100 valence electrons. The highest BCUT2D eigenvalue weighted by Crippen LogP contribution is 2.13. The van der Waals surface area contributed by atoms with Crippen LogP contribution in [0.2, 0.25) is 0 Å². The van der Waals surface area contributed by atoms with Gasteiger partial charge in [0.05, 0.1) is 0 Å². The quantitative estimate of drug-likeness (QED) is 0.837. The molecule has 1 aromatic rings. The third-order valence-corrected chi connectivity index (χ3v) is 2.86. The Balaban J connectivity index is 2.81. The average molecular weight is 248 g/mol. The summed E-state index contributed by atoms with van der Waals surface area (Å²) in [6.07, 6.45) is 0.986. The monoisotopic (exact) mass is 248 g/mol. The number of nitrogens with one attached hydrogen (secondary N) is 1. The van der Waals surface area contributed by atoms with E-state index in [4.69, 9.17) is 0 Å². The molecule has 0 bridgehead atoms. The maximum absolute atomic E-state index is 12.4. The summed E-state index contributed by atoms with van der Waals surface area (Å²) >= 11 is 0. The van der Waals surface area contributed by atoms with E-state index >= 15 is 0 Å². The lowest BCUT2D eigenvalue weighted by molar-refractivity contribution is 0.0706. The molecule has 0 heterocycles. The minimum atomic E-state index is 0.120. The summed E-state index contributed by atoms with van der Waals surface area (Å²) < 4.78 is 0. The number of benzene rings is 1. The molecule has 1 N–H and O–H groups in total. The van der Waals surface area contributed by atoms with Crippen molar-refractivity contribution in [2.45, 2.75) is 40.2 Å². The largest absolute Gasteiger partial charge is 0.385 e. The number of amides is 1. The van der Waals surface area contributed by atoms with Crippen LogP contribution in [0.5, 0.6) is 0 Å². The molecule has 0 radical (unpaired) electrons. The lowest BCUT2D eigenvalue weighted by atomic mass is 10.1. The van der Waals surface area contributed by atoms with Gasteiger partial charge in [-0.25, -0.2) is 0 Å². The third kappa shape index (κ3) is 3.76. The van der Waals surface area contributed by atoms with Crippen LogP contribution < -0.4 is 5.32 Å². The molecule has 0 saturated carbocycles. The van der Waals surface area contributed by atoms with Crippen molar-refractivity contribution >= 4 is 11.6 Å². The molecule has 0 spiro atoms. The van der Waals surface area contributed by atoms with Crippen molar-refractivity contribution < 1.29 is 4.79 Å². The van der Waals surface area contributed by atoms with Gasteiger partial charge in [0, 0.05) is 30.4 Å². The molecule has 0 fully saturated rings. The van der Waals surface area contributed by atoms with Gasteiger partial charge in [-0.1, -0.05) is 6.92 Å². The zero-order valence-corrected chi connectivity index (χ0v) is 11.9. The molecule has 3 heteroatoms. The van der Waals surface area contributed by atoms with E-state index in [1.807, 2.05) is 29.2 Å². The third-order valence-electron chi connectivity index (χ3n) is 2.86. The first-order chi connectivity index (χ1) is 8.60. The molecule has 0 aliphatic carbocycles. The molecule has 0 unspecified atom stereocenters. The summed E-state index contributed by atoms with van der Waals surface area (Å²) in [5.41, 5.74) is 1.82. The van der Waals surface area contributed by atoms with Gasteiger partial charge >= 0.3 is 0 Å². The molecule has 18 heavy (non-hydrogen) atoms. The number of nitrogens with zero attached hydrogens (tertiary/aromatic N) is 1. The molecular formula is C15H24N2O. The van der Waals surface area contributed by atoms with Crippen LogP contribution in [-0.2, 0) is 0 Å². The van der Waals surface area contributed by atoms with Crippen LogP contribution in [0.15, 0.2) is 24.3 Å². The number of hydrogen-bond donors (Lipinski definition) is 1. The predicted molar refractivity (Wildman–Crippen MR) is 77.1 cm³/mol. The predicted octanol–water partition coefficient (Wildman–Crippen LogP) is 3.38. The van der Waals surface area contributed by atoms with Gasteiger partial charge in [0.1, 0.15) is 0 Å². The van der Waals surface area contributed by atoms with Crippen LogP contribution in [0.4, 0.5) is 5.69 Å². The molecule has 1 amide bonds. The highest BCUT2D eigenvalue weighted by molar-refractivity contribution is 5.94. The standard InChI is InChI=1S/C15H24N2O/c1-5-11-17(12(3)4)15(18)13-7-9-14(10-8-13)16-6-2/h7-10,12,16H,5-6,11H2,1-4H3. The molecule has 0 aromatic heterocycles. The van der Waals surface area contributed by atoms with E-state index in [2.05, 4.69) is 33.0 Å². The van der Waals surface area contributed by atoms with Crippen molar-refractivity contribution in [2.24, 2.45) is 0 Å². The first kappa shape index (κ1) is 14.6. The summed E-state index contributed by atoms with van der Waals surface area (Å²) in [4.78, 5) is 14.3. The Labute approximate surface area is 110 Å². The van der Waals surface area contributed by atoms with Gasteiger partial charge in [-0.05, 0) is 51.5 Å². The Morgan fingerprint density at radius 1 is 1.22 bits per heavy atom.